The molecule has 1 aliphatic heterocycles. The maximum absolute atomic E-state index is 11.8. The Bertz CT molecular complexity index is 1150. The molecule has 0 saturated heterocycles. The SMILES string of the molecule is Cc1c(-c2ccc(C(N)=O)c3[nH]cc(C)c23)cccc1N1C=CSC1C(N)=O. The number of carbonyl (C=O) groups excluding carboxylic acids is 2. The van der Waals surface area contributed by atoms with Gasteiger partial charge >= 0.3 is 0 Å². The van der Waals surface area contributed by atoms with Crippen LogP contribution in [0.1, 0.15) is 21.5 Å². The highest BCUT2D eigenvalue weighted by atomic mass is 32.2. The number of fused-ring (bicyclic) bond motifs is 1. The Balaban J connectivity index is 1.91. The van der Waals surface area contributed by atoms with Gasteiger partial charge in [-0.25, -0.2) is 0 Å². The first-order valence-corrected chi connectivity index (χ1v) is 9.74. The molecule has 0 spiro atoms. The number of H-pyrrole nitrogens is 1. The Labute approximate surface area is 166 Å². The molecule has 28 heavy (non-hydrogen) atoms. The molecule has 2 amide bonds. The van der Waals surface area contributed by atoms with E-state index in [9.17, 15) is 9.59 Å². The lowest BCUT2D eigenvalue weighted by molar-refractivity contribution is -0.117. The molecule has 0 aliphatic carbocycles. The summed E-state index contributed by atoms with van der Waals surface area (Å²) in [5.41, 5.74) is 17.3. The van der Waals surface area contributed by atoms with Crippen molar-refractivity contribution >= 4 is 40.2 Å². The van der Waals surface area contributed by atoms with Crippen LogP contribution in [0.4, 0.5) is 5.69 Å². The summed E-state index contributed by atoms with van der Waals surface area (Å²) >= 11 is 1.39. The van der Waals surface area contributed by atoms with Crippen LogP contribution in [-0.2, 0) is 4.79 Å². The van der Waals surface area contributed by atoms with E-state index in [2.05, 4.69) is 4.98 Å². The third-order valence-electron chi connectivity index (χ3n) is 5.10. The van der Waals surface area contributed by atoms with E-state index in [1.165, 1.54) is 11.8 Å². The molecule has 5 N–H and O–H groups in total. The van der Waals surface area contributed by atoms with Gasteiger partial charge in [0.2, 0.25) is 0 Å². The van der Waals surface area contributed by atoms with Gasteiger partial charge < -0.3 is 21.4 Å². The summed E-state index contributed by atoms with van der Waals surface area (Å²) in [6, 6.07) is 9.65. The number of aromatic nitrogens is 1. The Morgan fingerprint density at radius 3 is 2.61 bits per heavy atom. The van der Waals surface area contributed by atoms with Gasteiger partial charge in [0.1, 0.15) is 0 Å². The topological polar surface area (TPSA) is 105 Å². The third-order valence-corrected chi connectivity index (χ3v) is 6.09. The molecule has 0 saturated carbocycles. The van der Waals surface area contributed by atoms with Crippen molar-refractivity contribution < 1.29 is 9.59 Å². The van der Waals surface area contributed by atoms with Crippen molar-refractivity contribution in [2.75, 3.05) is 4.90 Å². The largest absolute Gasteiger partial charge is 0.367 e. The molecule has 0 bridgehead atoms. The van der Waals surface area contributed by atoms with Gasteiger partial charge in [-0.1, -0.05) is 30.0 Å². The summed E-state index contributed by atoms with van der Waals surface area (Å²) in [7, 11) is 0. The number of rotatable bonds is 4. The highest BCUT2D eigenvalue weighted by molar-refractivity contribution is 8.03. The molecule has 1 unspecified atom stereocenters. The van der Waals surface area contributed by atoms with Crippen molar-refractivity contribution in [3.05, 3.63) is 64.8 Å². The molecule has 2 aromatic carbocycles. The molecule has 2 heterocycles. The summed E-state index contributed by atoms with van der Waals surface area (Å²) < 4.78 is 0. The summed E-state index contributed by atoms with van der Waals surface area (Å²) in [5.74, 6) is -0.845. The number of hydrogen-bond donors (Lipinski definition) is 3. The van der Waals surface area contributed by atoms with E-state index in [1.807, 2.05) is 60.8 Å². The number of benzene rings is 2. The first-order chi connectivity index (χ1) is 13.4. The molecule has 142 valence electrons. The lowest BCUT2D eigenvalue weighted by atomic mass is 9.93. The summed E-state index contributed by atoms with van der Waals surface area (Å²) in [6.45, 7) is 4.02. The second-order valence-electron chi connectivity index (χ2n) is 6.78. The molecule has 1 aliphatic rings. The van der Waals surface area contributed by atoms with Crippen molar-refractivity contribution in [2.45, 2.75) is 19.2 Å². The van der Waals surface area contributed by atoms with Crippen LogP contribution in [-0.4, -0.2) is 22.2 Å². The zero-order valence-corrected chi connectivity index (χ0v) is 16.3. The van der Waals surface area contributed by atoms with E-state index < -0.39 is 11.3 Å². The fourth-order valence-corrected chi connectivity index (χ4v) is 4.57. The summed E-state index contributed by atoms with van der Waals surface area (Å²) in [5, 5.41) is 2.38. The Morgan fingerprint density at radius 2 is 1.89 bits per heavy atom. The molecular formula is C21H20N4O2S. The average Bonchev–Trinajstić information content (AvgIpc) is 3.29. The molecule has 0 radical (unpaired) electrons. The molecule has 4 rings (SSSR count). The number of carbonyl (C=O) groups is 2. The number of nitrogens with zero attached hydrogens (tertiary/aromatic N) is 1. The standard InChI is InChI=1S/C21H20N4O2S/c1-11-10-24-18-15(19(22)26)7-6-14(17(11)18)13-4-3-5-16(12(13)2)25-8-9-28-21(25)20(23)27/h3-10,21,24H,1-2H3,(H2,22,26)(H2,23,27). The molecular weight excluding hydrogens is 372 g/mol. The molecule has 3 aromatic rings. The number of aromatic amines is 1. The second kappa shape index (κ2) is 6.76. The monoisotopic (exact) mass is 392 g/mol. The van der Waals surface area contributed by atoms with Crippen LogP contribution in [0.25, 0.3) is 22.0 Å². The molecule has 7 heteroatoms. The lowest BCUT2D eigenvalue weighted by Gasteiger charge is -2.25. The molecule has 1 aromatic heterocycles. The van der Waals surface area contributed by atoms with Gasteiger partial charge in [0.15, 0.2) is 5.37 Å². The van der Waals surface area contributed by atoms with Gasteiger partial charge in [0, 0.05) is 23.5 Å². The van der Waals surface area contributed by atoms with E-state index in [4.69, 9.17) is 11.5 Å². The molecule has 6 nitrogen and oxygen atoms in total. The first kappa shape index (κ1) is 18.2. The van der Waals surface area contributed by atoms with Crippen LogP contribution in [0.2, 0.25) is 0 Å². The van der Waals surface area contributed by atoms with Gasteiger partial charge in [-0.05, 0) is 53.6 Å². The van der Waals surface area contributed by atoms with Crippen LogP contribution in [0, 0.1) is 13.8 Å². The molecule has 1 atom stereocenters. The minimum atomic E-state index is -0.465. The summed E-state index contributed by atoms with van der Waals surface area (Å²) in [6.07, 6.45) is 3.75. The zero-order chi connectivity index (χ0) is 20.0. The number of thioether (sulfide) groups is 1. The van der Waals surface area contributed by atoms with Gasteiger partial charge in [0.25, 0.3) is 11.8 Å². The molecule has 0 fully saturated rings. The highest BCUT2D eigenvalue weighted by Gasteiger charge is 2.28. The van der Waals surface area contributed by atoms with Crippen molar-refractivity contribution in [3.63, 3.8) is 0 Å². The van der Waals surface area contributed by atoms with Gasteiger partial charge in [0.05, 0.1) is 11.1 Å². The van der Waals surface area contributed by atoms with Gasteiger partial charge in [-0.15, -0.1) is 0 Å². The van der Waals surface area contributed by atoms with Crippen LogP contribution < -0.4 is 16.4 Å². The van der Waals surface area contributed by atoms with Gasteiger partial charge in [-0.2, -0.15) is 0 Å². The fourth-order valence-electron chi connectivity index (χ4n) is 3.77. The maximum Gasteiger partial charge on any atom is 0.251 e. The number of nitrogens with two attached hydrogens (primary N) is 2. The number of aryl methyl sites for hydroxylation is 1. The van der Waals surface area contributed by atoms with E-state index in [0.29, 0.717) is 5.56 Å². The smallest absolute Gasteiger partial charge is 0.251 e. The van der Waals surface area contributed by atoms with Crippen molar-refractivity contribution in [1.82, 2.24) is 4.98 Å². The minimum absolute atomic E-state index is 0.380. The Morgan fingerprint density at radius 1 is 1.11 bits per heavy atom. The highest BCUT2D eigenvalue weighted by Crippen LogP contribution is 2.39. The number of primary amides is 2. The van der Waals surface area contributed by atoms with Crippen LogP contribution in [0.3, 0.4) is 0 Å². The quantitative estimate of drug-likeness (QED) is 0.633. The van der Waals surface area contributed by atoms with Gasteiger partial charge in [-0.3, -0.25) is 9.59 Å². The van der Waals surface area contributed by atoms with Crippen LogP contribution in [0.5, 0.6) is 0 Å². The van der Waals surface area contributed by atoms with E-state index >= 15 is 0 Å². The second-order valence-corrected chi connectivity index (χ2v) is 7.77. The number of hydrogen-bond acceptors (Lipinski definition) is 4. The van der Waals surface area contributed by atoms with Crippen molar-refractivity contribution in [1.29, 1.82) is 0 Å². The predicted octanol–water partition coefficient (Wildman–Crippen LogP) is 3.39. The van der Waals surface area contributed by atoms with E-state index in [-0.39, 0.29) is 5.91 Å². The average molecular weight is 392 g/mol. The predicted molar refractivity (Wildman–Crippen MR) is 114 cm³/mol. The number of amides is 2. The Hall–Kier alpha value is -3.19. The third kappa shape index (κ3) is 2.75. The first-order valence-electron chi connectivity index (χ1n) is 8.80. The number of anilines is 1. The fraction of sp³-hybridized carbons (Fsp3) is 0.143. The van der Waals surface area contributed by atoms with Crippen LogP contribution >= 0.6 is 11.8 Å². The zero-order valence-electron chi connectivity index (χ0n) is 15.5. The maximum atomic E-state index is 11.8. The minimum Gasteiger partial charge on any atom is -0.367 e. The van der Waals surface area contributed by atoms with Crippen molar-refractivity contribution in [2.24, 2.45) is 11.5 Å². The summed E-state index contributed by atoms with van der Waals surface area (Å²) in [4.78, 5) is 28.7. The van der Waals surface area contributed by atoms with Crippen LogP contribution in [0.15, 0.2) is 48.1 Å². The van der Waals surface area contributed by atoms with E-state index in [0.717, 1.165) is 38.8 Å². The lowest BCUT2D eigenvalue weighted by Crippen LogP contribution is -2.37. The van der Waals surface area contributed by atoms with E-state index in [1.54, 1.807) is 6.07 Å². The van der Waals surface area contributed by atoms with Crippen molar-refractivity contribution in [3.8, 4) is 11.1 Å². The normalized spacial score (nSPS) is 16.1. The number of nitrogens with one attached hydrogen (secondary N) is 1. The Kier molecular flexibility index (Phi) is 4.39.